The summed E-state index contributed by atoms with van der Waals surface area (Å²) in [4.78, 5) is 25.3. The van der Waals surface area contributed by atoms with E-state index in [-0.39, 0.29) is 23.7 Å². The van der Waals surface area contributed by atoms with Crippen molar-refractivity contribution in [3.63, 3.8) is 0 Å². The van der Waals surface area contributed by atoms with Crippen molar-refractivity contribution in [1.82, 2.24) is 5.32 Å². The van der Waals surface area contributed by atoms with Gasteiger partial charge in [-0.15, -0.1) is 0 Å². The van der Waals surface area contributed by atoms with E-state index in [0.29, 0.717) is 5.92 Å². The topological polar surface area (TPSA) is 58.2 Å². The Hall–Kier alpha value is -1.84. The van der Waals surface area contributed by atoms with Gasteiger partial charge in [-0.3, -0.25) is 9.59 Å². The van der Waals surface area contributed by atoms with E-state index in [1.165, 1.54) is 5.56 Å². The maximum absolute atomic E-state index is 12.7. The Balaban J connectivity index is 1.99. The van der Waals surface area contributed by atoms with Crippen LogP contribution in [0.5, 0.6) is 0 Å². The minimum absolute atomic E-state index is 0.0306. The molecule has 0 heterocycles. The van der Waals surface area contributed by atoms with E-state index >= 15 is 0 Å². The molecule has 1 saturated carbocycles. The van der Waals surface area contributed by atoms with Crippen molar-refractivity contribution < 1.29 is 9.59 Å². The summed E-state index contributed by atoms with van der Waals surface area (Å²) >= 11 is 0. The molecule has 1 aromatic carbocycles. The zero-order valence-electron chi connectivity index (χ0n) is 16.0. The van der Waals surface area contributed by atoms with E-state index in [9.17, 15) is 9.59 Å². The fourth-order valence-electron chi connectivity index (χ4n) is 3.42. The summed E-state index contributed by atoms with van der Waals surface area (Å²) in [6.45, 7) is 8.26. The molecule has 1 atom stereocenters. The van der Waals surface area contributed by atoms with Crippen molar-refractivity contribution in [2.75, 3.05) is 5.32 Å². The summed E-state index contributed by atoms with van der Waals surface area (Å²) in [5.74, 6) is 0.692. The molecular weight excluding hydrogens is 312 g/mol. The van der Waals surface area contributed by atoms with Crippen molar-refractivity contribution in [2.24, 2.45) is 17.8 Å². The zero-order chi connectivity index (χ0) is 18.4. The van der Waals surface area contributed by atoms with Gasteiger partial charge in [0.25, 0.3) is 0 Å². The fourth-order valence-corrected chi connectivity index (χ4v) is 3.42. The maximum atomic E-state index is 12.7. The first-order chi connectivity index (χ1) is 11.9. The van der Waals surface area contributed by atoms with Gasteiger partial charge in [-0.1, -0.05) is 39.8 Å². The summed E-state index contributed by atoms with van der Waals surface area (Å²) in [5.41, 5.74) is 1.97. The number of aryl methyl sites for hydroxylation is 1. The lowest BCUT2D eigenvalue weighted by Gasteiger charge is -2.28. The van der Waals surface area contributed by atoms with Crippen LogP contribution in [0.25, 0.3) is 0 Å². The van der Waals surface area contributed by atoms with Gasteiger partial charge in [-0.05, 0) is 61.6 Å². The second kappa shape index (κ2) is 9.02. The second-order valence-corrected chi connectivity index (χ2v) is 7.73. The summed E-state index contributed by atoms with van der Waals surface area (Å²) in [7, 11) is 0. The first-order valence-corrected chi connectivity index (χ1v) is 9.60. The Labute approximate surface area is 151 Å². The van der Waals surface area contributed by atoms with E-state index in [2.05, 4.69) is 24.5 Å². The van der Waals surface area contributed by atoms with Gasteiger partial charge in [-0.25, -0.2) is 0 Å². The van der Waals surface area contributed by atoms with Crippen molar-refractivity contribution in [3.8, 4) is 0 Å². The van der Waals surface area contributed by atoms with Gasteiger partial charge < -0.3 is 10.6 Å². The number of nitrogens with one attached hydrogen (secondary N) is 2. The Morgan fingerprint density at radius 1 is 1.16 bits per heavy atom. The third kappa shape index (κ3) is 5.58. The third-order valence-corrected chi connectivity index (χ3v) is 5.24. The number of carbonyl (C=O) groups is 2. The SMILES string of the molecule is CCc1cccc(NC(=O)[C@H](NC(=O)C2CCC(C)CC2)C(C)C)c1. The van der Waals surface area contributed by atoms with Gasteiger partial charge >= 0.3 is 0 Å². The third-order valence-electron chi connectivity index (χ3n) is 5.24. The molecule has 1 aliphatic rings. The van der Waals surface area contributed by atoms with Gasteiger partial charge in [0, 0.05) is 11.6 Å². The first-order valence-electron chi connectivity index (χ1n) is 9.60. The number of anilines is 1. The molecule has 0 unspecified atom stereocenters. The van der Waals surface area contributed by atoms with E-state index in [0.717, 1.165) is 37.8 Å². The molecule has 25 heavy (non-hydrogen) atoms. The normalized spacial score (nSPS) is 21.6. The lowest BCUT2D eigenvalue weighted by molar-refractivity contribution is -0.131. The Morgan fingerprint density at radius 3 is 2.44 bits per heavy atom. The summed E-state index contributed by atoms with van der Waals surface area (Å²) in [6.07, 6.45) is 4.98. The van der Waals surface area contributed by atoms with Crippen molar-refractivity contribution >= 4 is 17.5 Å². The van der Waals surface area contributed by atoms with E-state index in [1.54, 1.807) is 0 Å². The number of hydrogen-bond acceptors (Lipinski definition) is 2. The van der Waals surface area contributed by atoms with Gasteiger partial charge in [0.05, 0.1) is 0 Å². The fraction of sp³-hybridized carbons (Fsp3) is 0.619. The zero-order valence-corrected chi connectivity index (χ0v) is 16.0. The highest BCUT2D eigenvalue weighted by Crippen LogP contribution is 2.28. The van der Waals surface area contributed by atoms with Crippen LogP contribution in [0.1, 0.15) is 58.9 Å². The molecule has 138 valence electrons. The van der Waals surface area contributed by atoms with Gasteiger partial charge in [0.2, 0.25) is 11.8 Å². The highest BCUT2D eigenvalue weighted by atomic mass is 16.2. The van der Waals surface area contributed by atoms with Crippen LogP contribution < -0.4 is 10.6 Å². The van der Waals surface area contributed by atoms with Gasteiger partial charge in [-0.2, -0.15) is 0 Å². The predicted octanol–water partition coefficient (Wildman–Crippen LogP) is 4.15. The number of amides is 2. The molecule has 1 aliphatic carbocycles. The quantitative estimate of drug-likeness (QED) is 0.814. The van der Waals surface area contributed by atoms with Crippen molar-refractivity contribution in [1.29, 1.82) is 0 Å². The summed E-state index contributed by atoms with van der Waals surface area (Å²) in [5, 5.41) is 5.96. The van der Waals surface area contributed by atoms with Crippen LogP contribution in [0, 0.1) is 17.8 Å². The van der Waals surface area contributed by atoms with Gasteiger partial charge in [0.15, 0.2) is 0 Å². The molecule has 0 spiro atoms. The molecule has 0 radical (unpaired) electrons. The minimum Gasteiger partial charge on any atom is -0.344 e. The molecule has 4 heteroatoms. The van der Waals surface area contributed by atoms with Crippen LogP contribution in [0.4, 0.5) is 5.69 Å². The molecule has 0 aromatic heterocycles. The predicted molar refractivity (Wildman–Crippen MR) is 102 cm³/mol. The first kappa shape index (κ1) is 19.5. The molecule has 1 fully saturated rings. The van der Waals surface area contributed by atoms with E-state index < -0.39 is 6.04 Å². The van der Waals surface area contributed by atoms with Crippen LogP contribution in [0.3, 0.4) is 0 Å². The summed E-state index contributed by atoms with van der Waals surface area (Å²) in [6, 6.07) is 7.36. The highest BCUT2D eigenvalue weighted by Gasteiger charge is 2.29. The van der Waals surface area contributed by atoms with Crippen LogP contribution in [0.15, 0.2) is 24.3 Å². The average Bonchev–Trinajstić information content (AvgIpc) is 2.59. The number of rotatable bonds is 6. The average molecular weight is 344 g/mol. The Morgan fingerprint density at radius 2 is 1.84 bits per heavy atom. The standard InChI is InChI=1S/C21H32N2O2/c1-5-16-7-6-8-18(13-16)22-21(25)19(14(2)3)23-20(24)17-11-9-15(4)10-12-17/h6-8,13-15,17,19H,5,9-12H2,1-4H3,(H,22,25)(H,23,24)/t15?,17?,19-/m1/s1. The molecule has 2 amide bonds. The highest BCUT2D eigenvalue weighted by molar-refractivity contribution is 5.97. The van der Waals surface area contributed by atoms with Crippen molar-refractivity contribution in [3.05, 3.63) is 29.8 Å². The summed E-state index contributed by atoms with van der Waals surface area (Å²) < 4.78 is 0. The number of carbonyl (C=O) groups excluding carboxylic acids is 2. The molecular formula is C21H32N2O2. The lowest BCUT2D eigenvalue weighted by atomic mass is 9.82. The van der Waals surface area contributed by atoms with Crippen molar-refractivity contribution in [2.45, 2.75) is 65.8 Å². The molecule has 0 aliphatic heterocycles. The molecule has 2 rings (SSSR count). The Kier molecular flexibility index (Phi) is 7.03. The second-order valence-electron chi connectivity index (χ2n) is 7.73. The van der Waals surface area contributed by atoms with E-state index in [4.69, 9.17) is 0 Å². The molecule has 0 saturated heterocycles. The number of benzene rings is 1. The lowest BCUT2D eigenvalue weighted by Crippen LogP contribution is -2.49. The monoisotopic (exact) mass is 344 g/mol. The maximum Gasteiger partial charge on any atom is 0.247 e. The van der Waals surface area contributed by atoms with E-state index in [1.807, 2.05) is 38.1 Å². The van der Waals surface area contributed by atoms with Crippen LogP contribution in [-0.2, 0) is 16.0 Å². The van der Waals surface area contributed by atoms with Crippen LogP contribution >= 0.6 is 0 Å². The van der Waals surface area contributed by atoms with Gasteiger partial charge in [0.1, 0.15) is 6.04 Å². The smallest absolute Gasteiger partial charge is 0.247 e. The Bertz CT molecular complexity index is 589. The molecule has 1 aromatic rings. The number of hydrogen-bond donors (Lipinski definition) is 2. The largest absolute Gasteiger partial charge is 0.344 e. The van der Waals surface area contributed by atoms with Crippen LogP contribution in [-0.4, -0.2) is 17.9 Å². The molecule has 0 bridgehead atoms. The molecule has 4 nitrogen and oxygen atoms in total. The molecule has 2 N–H and O–H groups in total. The minimum atomic E-state index is -0.503. The van der Waals surface area contributed by atoms with Crippen LogP contribution in [0.2, 0.25) is 0 Å².